The van der Waals surface area contributed by atoms with Gasteiger partial charge in [0.1, 0.15) is 5.60 Å². The Balaban J connectivity index is 2.42. The minimum absolute atomic E-state index is 0.375. The predicted octanol–water partition coefficient (Wildman–Crippen LogP) is 1.23. The lowest BCUT2D eigenvalue weighted by atomic mass is 9.95. The number of likely N-dealkylation sites (tertiary alicyclic amines) is 1. The zero-order valence-corrected chi connectivity index (χ0v) is 8.96. The monoisotopic (exact) mass is 223 g/mol. The molecule has 0 atom stereocenters. The van der Waals surface area contributed by atoms with Gasteiger partial charge in [0.2, 0.25) is 0 Å². The molecule has 0 aromatic carbocycles. The quantitative estimate of drug-likeness (QED) is 0.727. The summed E-state index contributed by atoms with van der Waals surface area (Å²) in [6.07, 6.45) is -3.51. The molecule has 0 aliphatic carbocycles. The molecule has 4 nitrogen and oxygen atoms in total. The van der Waals surface area contributed by atoms with Crippen molar-refractivity contribution in [1.82, 2.24) is 4.90 Å². The molecule has 1 saturated heterocycles. The Bertz CT molecular complexity index is 257. The van der Waals surface area contributed by atoms with E-state index in [2.05, 4.69) is 0 Å². The lowest BCUT2D eigenvalue weighted by molar-refractivity contribution is -0.173. The Kier molecular flexibility index (Phi) is 2.91. The summed E-state index contributed by atoms with van der Waals surface area (Å²) >= 11 is 0. The lowest BCUT2D eigenvalue weighted by Crippen LogP contribution is -2.67. The first-order valence-corrected chi connectivity index (χ1v) is 4.62. The summed E-state index contributed by atoms with van der Waals surface area (Å²) in [5.74, 6) is 0. The highest BCUT2D eigenvalue weighted by atomic mass is 19.3. The van der Waals surface area contributed by atoms with Crippen LogP contribution in [0.5, 0.6) is 0 Å². The summed E-state index contributed by atoms with van der Waals surface area (Å²) < 4.78 is 29.4. The topological polar surface area (TPSA) is 49.8 Å². The summed E-state index contributed by atoms with van der Waals surface area (Å²) in [7, 11) is 0. The van der Waals surface area contributed by atoms with E-state index >= 15 is 0 Å². The molecule has 15 heavy (non-hydrogen) atoms. The first-order valence-electron chi connectivity index (χ1n) is 4.62. The van der Waals surface area contributed by atoms with Crippen molar-refractivity contribution in [3.8, 4) is 0 Å². The lowest BCUT2D eigenvalue weighted by Gasteiger charge is -2.45. The van der Waals surface area contributed by atoms with E-state index in [9.17, 15) is 18.7 Å². The number of halogens is 2. The van der Waals surface area contributed by atoms with E-state index in [1.807, 2.05) is 0 Å². The van der Waals surface area contributed by atoms with Gasteiger partial charge in [-0.1, -0.05) is 0 Å². The SMILES string of the molecule is CC(C)(C)OC(=O)N1CC(O)(C(F)F)C1. The van der Waals surface area contributed by atoms with Crippen LogP contribution in [0.3, 0.4) is 0 Å². The second-order valence-corrected chi connectivity index (χ2v) is 4.74. The summed E-state index contributed by atoms with van der Waals surface area (Å²) in [4.78, 5) is 12.4. The van der Waals surface area contributed by atoms with Crippen LogP contribution in [0.1, 0.15) is 20.8 Å². The molecule has 0 bridgehead atoms. The molecule has 1 aliphatic rings. The van der Waals surface area contributed by atoms with Gasteiger partial charge in [0.15, 0.2) is 5.60 Å². The Hall–Kier alpha value is -0.910. The van der Waals surface area contributed by atoms with Gasteiger partial charge in [-0.15, -0.1) is 0 Å². The number of amides is 1. The summed E-state index contributed by atoms with van der Waals surface area (Å²) in [5, 5.41) is 9.21. The van der Waals surface area contributed by atoms with Crippen molar-refractivity contribution in [2.24, 2.45) is 0 Å². The molecule has 1 amide bonds. The van der Waals surface area contributed by atoms with Gasteiger partial charge in [0, 0.05) is 0 Å². The first kappa shape index (κ1) is 12.2. The molecule has 0 unspecified atom stereocenters. The molecular formula is C9H15F2NO3. The molecule has 88 valence electrons. The highest BCUT2D eigenvalue weighted by Gasteiger charge is 2.51. The minimum Gasteiger partial charge on any atom is -0.444 e. The number of hydrogen-bond acceptors (Lipinski definition) is 3. The molecule has 1 N–H and O–H groups in total. The van der Waals surface area contributed by atoms with Crippen molar-refractivity contribution in [2.75, 3.05) is 13.1 Å². The number of carbonyl (C=O) groups excluding carboxylic acids is 1. The van der Waals surface area contributed by atoms with Gasteiger partial charge in [-0.2, -0.15) is 0 Å². The van der Waals surface area contributed by atoms with Crippen molar-refractivity contribution in [2.45, 2.75) is 38.4 Å². The normalized spacial score (nSPS) is 20.1. The van der Waals surface area contributed by atoms with Crippen molar-refractivity contribution < 1.29 is 23.4 Å². The molecule has 1 fully saturated rings. The number of alkyl halides is 2. The standard InChI is InChI=1S/C9H15F2NO3/c1-8(2,3)15-7(13)12-4-9(14,5-12)6(10)11/h6,14H,4-5H2,1-3H3. The van der Waals surface area contributed by atoms with Crippen LogP contribution in [-0.4, -0.2) is 46.8 Å². The third-order valence-corrected chi connectivity index (χ3v) is 1.99. The molecular weight excluding hydrogens is 208 g/mol. The zero-order chi connectivity index (χ0) is 11.9. The van der Waals surface area contributed by atoms with Gasteiger partial charge in [0.25, 0.3) is 6.43 Å². The van der Waals surface area contributed by atoms with E-state index in [0.717, 1.165) is 4.90 Å². The maximum absolute atomic E-state index is 12.2. The smallest absolute Gasteiger partial charge is 0.410 e. The largest absolute Gasteiger partial charge is 0.444 e. The Morgan fingerprint density at radius 1 is 1.47 bits per heavy atom. The van der Waals surface area contributed by atoms with E-state index in [-0.39, 0.29) is 13.1 Å². The second kappa shape index (κ2) is 3.59. The fraction of sp³-hybridized carbons (Fsp3) is 0.889. The molecule has 6 heteroatoms. The number of rotatable bonds is 1. The third-order valence-electron chi connectivity index (χ3n) is 1.99. The Labute approximate surface area is 86.8 Å². The molecule has 1 rings (SSSR count). The van der Waals surface area contributed by atoms with Crippen LogP contribution >= 0.6 is 0 Å². The van der Waals surface area contributed by atoms with Gasteiger partial charge >= 0.3 is 6.09 Å². The molecule has 1 aliphatic heterocycles. The average molecular weight is 223 g/mol. The van der Waals surface area contributed by atoms with Gasteiger partial charge in [-0.05, 0) is 20.8 Å². The summed E-state index contributed by atoms with van der Waals surface area (Å²) in [5.41, 5.74) is -2.72. The van der Waals surface area contributed by atoms with Crippen LogP contribution in [0.4, 0.5) is 13.6 Å². The third kappa shape index (κ3) is 2.77. The highest BCUT2D eigenvalue weighted by Crippen LogP contribution is 2.28. The van der Waals surface area contributed by atoms with Crippen LogP contribution < -0.4 is 0 Å². The number of ether oxygens (including phenoxy) is 1. The maximum Gasteiger partial charge on any atom is 0.410 e. The van der Waals surface area contributed by atoms with Crippen molar-refractivity contribution in [1.29, 1.82) is 0 Å². The highest BCUT2D eigenvalue weighted by molar-refractivity contribution is 5.69. The number of β-amino-alcohol motifs (C(OH)–C–C–N with tert-alkyl or cyclic N) is 1. The van der Waals surface area contributed by atoms with Crippen molar-refractivity contribution in [3.05, 3.63) is 0 Å². The molecule has 0 aromatic heterocycles. The van der Waals surface area contributed by atoms with Gasteiger partial charge < -0.3 is 14.7 Å². The number of hydrogen-bond donors (Lipinski definition) is 1. The summed E-state index contributed by atoms with van der Waals surface area (Å²) in [6.45, 7) is 4.30. The molecule has 0 radical (unpaired) electrons. The van der Waals surface area contributed by atoms with Crippen LogP contribution in [0, 0.1) is 0 Å². The van der Waals surface area contributed by atoms with Gasteiger partial charge in [-0.3, -0.25) is 0 Å². The number of nitrogens with zero attached hydrogens (tertiary/aromatic N) is 1. The minimum atomic E-state index is -2.84. The van der Waals surface area contributed by atoms with Gasteiger partial charge in [-0.25, -0.2) is 13.6 Å². The fourth-order valence-corrected chi connectivity index (χ4v) is 1.21. The van der Waals surface area contributed by atoms with Crippen LogP contribution in [-0.2, 0) is 4.74 Å². The molecule has 0 spiro atoms. The van der Waals surface area contributed by atoms with E-state index < -0.39 is 23.7 Å². The van der Waals surface area contributed by atoms with E-state index in [4.69, 9.17) is 4.74 Å². The van der Waals surface area contributed by atoms with Crippen LogP contribution in [0.15, 0.2) is 0 Å². The van der Waals surface area contributed by atoms with E-state index in [1.165, 1.54) is 0 Å². The number of aliphatic hydroxyl groups is 1. The average Bonchev–Trinajstić information content (AvgIpc) is 1.94. The summed E-state index contributed by atoms with van der Waals surface area (Å²) in [6, 6.07) is 0. The molecule has 0 aromatic rings. The molecule has 1 heterocycles. The van der Waals surface area contributed by atoms with Crippen molar-refractivity contribution >= 4 is 6.09 Å². The second-order valence-electron chi connectivity index (χ2n) is 4.74. The fourth-order valence-electron chi connectivity index (χ4n) is 1.21. The Morgan fingerprint density at radius 2 is 1.93 bits per heavy atom. The predicted molar refractivity (Wildman–Crippen MR) is 48.8 cm³/mol. The Morgan fingerprint density at radius 3 is 2.27 bits per heavy atom. The van der Waals surface area contributed by atoms with Gasteiger partial charge in [0.05, 0.1) is 13.1 Å². The van der Waals surface area contributed by atoms with E-state index in [0.29, 0.717) is 0 Å². The van der Waals surface area contributed by atoms with E-state index in [1.54, 1.807) is 20.8 Å². The zero-order valence-electron chi connectivity index (χ0n) is 8.96. The molecule has 0 saturated carbocycles. The first-order chi connectivity index (χ1) is 6.64. The van der Waals surface area contributed by atoms with Crippen LogP contribution in [0.25, 0.3) is 0 Å². The maximum atomic E-state index is 12.2. The number of carbonyl (C=O) groups is 1. The van der Waals surface area contributed by atoms with Crippen molar-refractivity contribution in [3.63, 3.8) is 0 Å². The van der Waals surface area contributed by atoms with Crippen LogP contribution in [0.2, 0.25) is 0 Å².